The van der Waals surface area contributed by atoms with Crippen molar-refractivity contribution in [3.63, 3.8) is 0 Å². The normalized spacial score (nSPS) is 10.4. The number of benzene rings is 1. The highest BCUT2D eigenvalue weighted by molar-refractivity contribution is 7.99. The first-order valence-electron chi connectivity index (χ1n) is 7.02. The third kappa shape index (κ3) is 4.95. The average Bonchev–Trinajstić information content (AvgIpc) is 2.88. The van der Waals surface area contributed by atoms with E-state index in [1.54, 1.807) is 6.92 Å². The molecule has 0 aliphatic rings. The third-order valence-electron chi connectivity index (χ3n) is 2.80. The maximum atomic E-state index is 12.8. The summed E-state index contributed by atoms with van der Waals surface area (Å²) < 4.78 is 19.0. The molecular formula is C14H16FN5O3S. The zero-order valence-corrected chi connectivity index (χ0v) is 13.7. The number of anilines is 2. The molecule has 0 saturated heterocycles. The summed E-state index contributed by atoms with van der Waals surface area (Å²) in [6.07, 6.45) is 0. The predicted molar refractivity (Wildman–Crippen MR) is 86.8 cm³/mol. The van der Waals surface area contributed by atoms with E-state index in [4.69, 9.17) is 10.5 Å². The van der Waals surface area contributed by atoms with E-state index >= 15 is 0 Å². The number of hydrogen-bond donors (Lipinski definition) is 2. The van der Waals surface area contributed by atoms with Crippen LogP contribution >= 0.6 is 11.8 Å². The SMILES string of the molecule is CCOC(=O)CSc1nnc(N)n1CC(=O)Nc1ccc(F)cc1. The lowest BCUT2D eigenvalue weighted by atomic mass is 10.3. The van der Waals surface area contributed by atoms with Crippen LogP contribution in [0.25, 0.3) is 0 Å². The number of carbonyl (C=O) groups excluding carboxylic acids is 2. The maximum Gasteiger partial charge on any atom is 0.316 e. The second-order valence-electron chi connectivity index (χ2n) is 4.58. The number of amides is 1. The fourth-order valence-corrected chi connectivity index (χ4v) is 2.50. The van der Waals surface area contributed by atoms with E-state index in [9.17, 15) is 14.0 Å². The van der Waals surface area contributed by atoms with Gasteiger partial charge in [-0.25, -0.2) is 4.39 Å². The molecule has 0 atom stereocenters. The van der Waals surface area contributed by atoms with Gasteiger partial charge in [0.25, 0.3) is 0 Å². The molecule has 0 radical (unpaired) electrons. The monoisotopic (exact) mass is 353 g/mol. The van der Waals surface area contributed by atoms with Crippen molar-refractivity contribution in [3.8, 4) is 0 Å². The first kappa shape index (κ1) is 17.7. The minimum Gasteiger partial charge on any atom is -0.465 e. The van der Waals surface area contributed by atoms with Crippen LogP contribution in [-0.4, -0.2) is 39.0 Å². The van der Waals surface area contributed by atoms with E-state index in [1.807, 2.05) is 0 Å². The summed E-state index contributed by atoms with van der Waals surface area (Å²) in [5.41, 5.74) is 6.15. The number of nitrogen functional groups attached to an aromatic ring is 1. The van der Waals surface area contributed by atoms with E-state index in [-0.39, 0.29) is 30.8 Å². The molecule has 0 aliphatic carbocycles. The first-order chi connectivity index (χ1) is 11.5. The van der Waals surface area contributed by atoms with Gasteiger partial charge in [-0.05, 0) is 31.2 Å². The van der Waals surface area contributed by atoms with Gasteiger partial charge < -0.3 is 15.8 Å². The van der Waals surface area contributed by atoms with Gasteiger partial charge in [-0.15, -0.1) is 10.2 Å². The maximum absolute atomic E-state index is 12.8. The van der Waals surface area contributed by atoms with Crippen molar-refractivity contribution in [2.24, 2.45) is 0 Å². The number of ether oxygens (including phenoxy) is 1. The summed E-state index contributed by atoms with van der Waals surface area (Å²) >= 11 is 1.07. The number of nitrogens with one attached hydrogen (secondary N) is 1. The van der Waals surface area contributed by atoms with Gasteiger partial charge in [0.2, 0.25) is 11.9 Å². The van der Waals surface area contributed by atoms with Gasteiger partial charge in [0, 0.05) is 5.69 Å². The Hall–Kier alpha value is -2.62. The number of halogens is 1. The van der Waals surface area contributed by atoms with Gasteiger partial charge in [-0.3, -0.25) is 14.2 Å². The Morgan fingerprint density at radius 2 is 2.04 bits per heavy atom. The van der Waals surface area contributed by atoms with Gasteiger partial charge in [-0.2, -0.15) is 0 Å². The number of thioether (sulfide) groups is 1. The molecule has 2 aromatic rings. The lowest BCUT2D eigenvalue weighted by Crippen LogP contribution is -2.20. The van der Waals surface area contributed by atoms with E-state index < -0.39 is 11.8 Å². The number of esters is 1. The van der Waals surface area contributed by atoms with E-state index in [1.165, 1.54) is 28.8 Å². The molecule has 1 aromatic carbocycles. The summed E-state index contributed by atoms with van der Waals surface area (Å²) in [6.45, 7) is 1.86. The molecule has 0 unspecified atom stereocenters. The van der Waals surface area contributed by atoms with Crippen molar-refractivity contribution in [2.75, 3.05) is 23.4 Å². The molecule has 1 aromatic heterocycles. The molecule has 0 saturated carbocycles. The Bertz CT molecular complexity index is 720. The lowest BCUT2D eigenvalue weighted by Gasteiger charge is -2.09. The summed E-state index contributed by atoms with van der Waals surface area (Å²) in [5.74, 6) is -1.09. The van der Waals surface area contributed by atoms with Crippen LogP contribution in [0, 0.1) is 5.82 Å². The number of nitrogens with zero attached hydrogens (tertiary/aromatic N) is 3. The highest BCUT2D eigenvalue weighted by atomic mass is 32.2. The van der Waals surface area contributed by atoms with Crippen LogP contribution in [0.3, 0.4) is 0 Å². The van der Waals surface area contributed by atoms with Crippen molar-refractivity contribution in [2.45, 2.75) is 18.6 Å². The molecule has 24 heavy (non-hydrogen) atoms. The van der Waals surface area contributed by atoms with Crippen LogP contribution in [0.1, 0.15) is 6.92 Å². The van der Waals surface area contributed by atoms with Gasteiger partial charge in [0.15, 0.2) is 5.16 Å². The van der Waals surface area contributed by atoms with Crippen LogP contribution in [0.2, 0.25) is 0 Å². The second-order valence-corrected chi connectivity index (χ2v) is 5.52. The highest BCUT2D eigenvalue weighted by Gasteiger charge is 2.15. The van der Waals surface area contributed by atoms with Gasteiger partial charge in [0.1, 0.15) is 12.4 Å². The number of carbonyl (C=O) groups is 2. The van der Waals surface area contributed by atoms with Crippen LogP contribution in [-0.2, 0) is 20.9 Å². The Kier molecular flexibility index (Phi) is 6.13. The summed E-state index contributed by atoms with van der Waals surface area (Å²) in [6, 6.07) is 5.37. The van der Waals surface area contributed by atoms with E-state index in [2.05, 4.69) is 15.5 Å². The van der Waals surface area contributed by atoms with E-state index in [0.29, 0.717) is 10.8 Å². The molecule has 2 rings (SSSR count). The molecule has 0 bridgehead atoms. The summed E-state index contributed by atoms with van der Waals surface area (Å²) in [5, 5.41) is 10.5. The third-order valence-corrected chi connectivity index (χ3v) is 3.74. The van der Waals surface area contributed by atoms with Crippen LogP contribution in [0.5, 0.6) is 0 Å². The minimum atomic E-state index is -0.397. The molecular weight excluding hydrogens is 337 g/mol. The Morgan fingerprint density at radius 1 is 1.33 bits per heavy atom. The number of hydrogen-bond acceptors (Lipinski definition) is 7. The predicted octanol–water partition coefficient (Wildman–Crippen LogP) is 1.29. The van der Waals surface area contributed by atoms with Crippen molar-refractivity contribution in [1.82, 2.24) is 14.8 Å². The number of nitrogens with two attached hydrogens (primary N) is 1. The van der Waals surface area contributed by atoms with E-state index in [0.717, 1.165) is 11.8 Å². The van der Waals surface area contributed by atoms with Crippen LogP contribution in [0.15, 0.2) is 29.4 Å². The Balaban J connectivity index is 1.98. The average molecular weight is 353 g/mol. The fourth-order valence-electron chi connectivity index (χ4n) is 1.76. The largest absolute Gasteiger partial charge is 0.465 e. The van der Waals surface area contributed by atoms with Crippen molar-refractivity contribution in [3.05, 3.63) is 30.1 Å². The molecule has 8 nitrogen and oxygen atoms in total. The summed E-state index contributed by atoms with van der Waals surface area (Å²) in [7, 11) is 0. The molecule has 0 aliphatic heterocycles. The quantitative estimate of drug-likeness (QED) is 0.570. The molecule has 128 valence electrons. The summed E-state index contributed by atoms with van der Waals surface area (Å²) in [4.78, 5) is 23.5. The fraction of sp³-hybridized carbons (Fsp3) is 0.286. The highest BCUT2D eigenvalue weighted by Crippen LogP contribution is 2.18. The van der Waals surface area contributed by atoms with Crippen LogP contribution in [0.4, 0.5) is 16.0 Å². The molecule has 0 fully saturated rings. The second kappa shape index (κ2) is 8.29. The zero-order chi connectivity index (χ0) is 17.5. The lowest BCUT2D eigenvalue weighted by molar-refractivity contribution is -0.139. The molecule has 3 N–H and O–H groups in total. The smallest absolute Gasteiger partial charge is 0.316 e. The van der Waals surface area contributed by atoms with Gasteiger partial charge in [0.05, 0.1) is 12.4 Å². The van der Waals surface area contributed by atoms with Crippen LogP contribution < -0.4 is 11.1 Å². The first-order valence-corrected chi connectivity index (χ1v) is 8.00. The zero-order valence-electron chi connectivity index (χ0n) is 12.9. The number of rotatable bonds is 7. The van der Waals surface area contributed by atoms with Gasteiger partial charge in [-0.1, -0.05) is 11.8 Å². The topological polar surface area (TPSA) is 112 Å². The molecule has 0 spiro atoms. The Labute approximate surface area is 141 Å². The molecule has 1 heterocycles. The van der Waals surface area contributed by atoms with Crippen molar-refractivity contribution in [1.29, 1.82) is 0 Å². The minimum absolute atomic E-state index is 0.0333. The number of aromatic nitrogens is 3. The standard InChI is InChI=1S/C14H16FN5O3S/c1-2-23-12(22)8-24-14-19-18-13(16)20(14)7-11(21)17-10-5-3-9(15)4-6-10/h3-6H,2,7-8H2,1H3,(H2,16,18)(H,17,21). The molecule has 10 heteroatoms. The van der Waals surface area contributed by atoms with Crippen molar-refractivity contribution < 1.29 is 18.7 Å². The Morgan fingerprint density at radius 3 is 2.71 bits per heavy atom. The van der Waals surface area contributed by atoms with Gasteiger partial charge >= 0.3 is 5.97 Å². The van der Waals surface area contributed by atoms with Crippen molar-refractivity contribution >= 4 is 35.3 Å². The molecule has 1 amide bonds.